The van der Waals surface area contributed by atoms with Gasteiger partial charge in [0, 0.05) is 6.54 Å². The van der Waals surface area contributed by atoms with Gasteiger partial charge < -0.3 is 20.7 Å². The third-order valence-corrected chi connectivity index (χ3v) is 3.78. The lowest BCUT2D eigenvalue weighted by molar-refractivity contribution is -0.138. The number of hydrogen-bond acceptors (Lipinski definition) is 4. The van der Waals surface area contributed by atoms with Gasteiger partial charge in [0.15, 0.2) is 0 Å². The van der Waals surface area contributed by atoms with Crippen molar-refractivity contribution in [3.05, 3.63) is 35.9 Å². The van der Waals surface area contributed by atoms with Crippen molar-refractivity contribution in [2.75, 3.05) is 6.54 Å². The molecule has 1 fully saturated rings. The number of likely N-dealkylation sites (tertiary alicyclic amines) is 1. The van der Waals surface area contributed by atoms with E-state index in [2.05, 4.69) is 5.32 Å². The number of nitrogens with one attached hydrogen (secondary N) is 1. The first-order valence-electron chi connectivity index (χ1n) is 7.56. The third-order valence-electron chi connectivity index (χ3n) is 3.78. The van der Waals surface area contributed by atoms with E-state index in [1.807, 2.05) is 30.3 Å². The van der Waals surface area contributed by atoms with E-state index in [-0.39, 0.29) is 12.5 Å². The van der Waals surface area contributed by atoms with Crippen LogP contribution in [0.1, 0.15) is 25.3 Å². The second kappa shape index (κ2) is 7.62. The predicted octanol–water partition coefficient (Wildman–Crippen LogP) is 0.778. The van der Waals surface area contributed by atoms with Crippen LogP contribution in [0, 0.1) is 0 Å². The molecule has 1 aromatic carbocycles. The lowest BCUT2D eigenvalue weighted by atomic mass is 10.2. The molecule has 0 radical (unpaired) electrons. The Kier molecular flexibility index (Phi) is 5.56. The molecule has 1 saturated heterocycles. The Bertz CT molecular complexity index is 576. The van der Waals surface area contributed by atoms with Gasteiger partial charge in [-0.05, 0) is 25.3 Å². The number of nitrogens with zero attached hydrogens (tertiary/aromatic N) is 1. The van der Waals surface area contributed by atoms with Gasteiger partial charge in [-0.1, -0.05) is 30.3 Å². The second-order valence-corrected chi connectivity index (χ2v) is 5.52. The summed E-state index contributed by atoms with van der Waals surface area (Å²) in [4.78, 5) is 36.8. The molecule has 23 heavy (non-hydrogen) atoms. The molecule has 0 bridgehead atoms. The number of amides is 3. The molecular weight excluding hydrogens is 298 g/mol. The van der Waals surface area contributed by atoms with E-state index in [1.54, 1.807) is 6.92 Å². The molecule has 3 N–H and O–H groups in total. The summed E-state index contributed by atoms with van der Waals surface area (Å²) >= 11 is 0. The maximum Gasteiger partial charge on any atom is 0.408 e. The highest BCUT2D eigenvalue weighted by atomic mass is 16.5. The SMILES string of the molecule is C[C@H](NC(=O)OCc1ccccc1)C(=O)N1CCC[C@H]1C(N)=O. The molecule has 124 valence electrons. The Hall–Kier alpha value is -2.57. The Morgan fingerprint density at radius 2 is 2.04 bits per heavy atom. The van der Waals surface area contributed by atoms with Crippen molar-refractivity contribution in [2.45, 2.75) is 38.5 Å². The molecule has 0 unspecified atom stereocenters. The Labute approximate surface area is 134 Å². The van der Waals surface area contributed by atoms with E-state index < -0.39 is 24.1 Å². The molecule has 3 amide bonds. The van der Waals surface area contributed by atoms with Crippen molar-refractivity contribution in [2.24, 2.45) is 5.73 Å². The van der Waals surface area contributed by atoms with Crippen LogP contribution in [0.5, 0.6) is 0 Å². The maximum absolute atomic E-state index is 12.3. The normalized spacial score (nSPS) is 18.3. The van der Waals surface area contributed by atoms with Crippen LogP contribution in [0.2, 0.25) is 0 Å². The van der Waals surface area contributed by atoms with Crippen LogP contribution in [0.15, 0.2) is 30.3 Å². The number of carbonyl (C=O) groups excluding carboxylic acids is 3. The first-order chi connectivity index (χ1) is 11.0. The summed E-state index contributed by atoms with van der Waals surface area (Å²) in [5.74, 6) is -0.849. The highest BCUT2D eigenvalue weighted by molar-refractivity contribution is 5.91. The van der Waals surface area contributed by atoms with E-state index in [0.717, 1.165) is 12.0 Å². The summed E-state index contributed by atoms with van der Waals surface area (Å²) < 4.78 is 5.07. The minimum absolute atomic E-state index is 0.126. The Morgan fingerprint density at radius 1 is 1.35 bits per heavy atom. The number of rotatable bonds is 5. The summed E-state index contributed by atoms with van der Waals surface area (Å²) in [5.41, 5.74) is 6.15. The molecule has 0 aliphatic carbocycles. The fourth-order valence-corrected chi connectivity index (χ4v) is 2.58. The second-order valence-electron chi connectivity index (χ2n) is 5.52. The number of hydrogen-bond donors (Lipinski definition) is 2. The average Bonchev–Trinajstić information content (AvgIpc) is 3.03. The highest BCUT2D eigenvalue weighted by Gasteiger charge is 2.35. The topological polar surface area (TPSA) is 102 Å². The number of alkyl carbamates (subject to hydrolysis) is 1. The molecule has 2 rings (SSSR count). The van der Waals surface area contributed by atoms with E-state index in [9.17, 15) is 14.4 Å². The van der Waals surface area contributed by atoms with Crippen molar-refractivity contribution < 1.29 is 19.1 Å². The van der Waals surface area contributed by atoms with Gasteiger partial charge in [0.1, 0.15) is 18.7 Å². The van der Waals surface area contributed by atoms with Crippen LogP contribution in [0.3, 0.4) is 0 Å². The first kappa shape index (κ1) is 16.8. The van der Waals surface area contributed by atoms with Crippen LogP contribution < -0.4 is 11.1 Å². The van der Waals surface area contributed by atoms with Crippen molar-refractivity contribution in [1.82, 2.24) is 10.2 Å². The molecule has 7 nitrogen and oxygen atoms in total. The minimum atomic E-state index is -0.779. The zero-order valence-electron chi connectivity index (χ0n) is 13.0. The molecule has 0 aromatic heterocycles. The van der Waals surface area contributed by atoms with E-state index in [4.69, 9.17) is 10.5 Å². The van der Waals surface area contributed by atoms with Crippen LogP contribution in [0.4, 0.5) is 4.79 Å². The van der Waals surface area contributed by atoms with Gasteiger partial charge in [-0.15, -0.1) is 0 Å². The maximum atomic E-state index is 12.3. The number of benzene rings is 1. The Balaban J connectivity index is 1.83. The number of carbonyl (C=O) groups is 3. The van der Waals surface area contributed by atoms with Crippen molar-refractivity contribution in [3.63, 3.8) is 0 Å². The summed E-state index contributed by atoms with van der Waals surface area (Å²) in [5, 5.41) is 2.48. The van der Waals surface area contributed by atoms with Gasteiger partial charge in [0.25, 0.3) is 0 Å². The molecule has 1 aliphatic rings. The van der Waals surface area contributed by atoms with Crippen LogP contribution in [0.25, 0.3) is 0 Å². The standard InChI is InChI=1S/C16H21N3O4/c1-11(15(21)19-9-5-8-13(19)14(17)20)18-16(22)23-10-12-6-3-2-4-7-12/h2-4,6-7,11,13H,5,8-10H2,1H3,(H2,17,20)(H,18,22)/t11-,13-/m0/s1. The Morgan fingerprint density at radius 3 is 2.70 bits per heavy atom. The number of primary amides is 1. The van der Waals surface area contributed by atoms with Crippen molar-refractivity contribution in [3.8, 4) is 0 Å². The molecule has 1 aromatic rings. The van der Waals surface area contributed by atoms with Crippen LogP contribution in [-0.4, -0.2) is 41.4 Å². The molecule has 0 spiro atoms. The van der Waals surface area contributed by atoms with Gasteiger partial charge in [-0.2, -0.15) is 0 Å². The lowest BCUT2D eigenvalue weighted by Gasteiger charge is -2.25. The first-order valence-corrected chi connectivity index (χ1v) is 7.56. The van der Waals surface area contributed by atoms with Crippen LogP contribution in [-0.2, 0) is 20.9 Å². The largest absolute Gasteiger partial charge is 0.445 e. The monoisotopic (exact) mass is 319 g/mol. The van der Waals surface area contributed by atoms with E-state index in [0.29, 0.717) is 13.0 Å². The summed E-state index contributed by atoms with van der Waals surface area (Å²) in [6.07, 6.45) is 0.612. The molecular formula is C16H21N3O4. The summed E-state index contributed by atoms with van der Waals surface area (Å²) in [6.45, 7) is 2.15. The highest BCUT2D eigenvalue weighted by Crippen LogP contribution is 2.17. The van der Waals surface area contributed by atoms with Crippen molar-refractivity contribution >= 4 is 17.9 Å². The summed E-state index contributed by atoms with van der Waals surface area (Å²) in [6, 6.07) is 7.87. The van der Waals surface area contributed by atoms with Gasteiger partial charge in [-0.25, -0.2) is 4.79 Å². The quantitative estimate of drug-likeness (QED) is 0.837. The van der Waals surface area contributed by atoms with Gasteiger partial charge >= 0.3 is 6.09 Å². The van der Waals surface area contributed by atoms with Crippen LogP contribution >= 0.6 is 0 Å². The predicted molar refractivity (Wildman–Crippen MR) is 83.2 cm³/mol. The number of ether oxygens (including phenoxy) is 1. The lowest BCUT2D eigenvalue weighted by Crippen LogP contribution is -2.51. The average molecular weight is 319 g/mol. The zero-order chi connectivity index (χ0) is 16.8. The third kappa shape index (κ3) is 4.45. The summed E-state index contributed by atoms with van der Waals surface area (Å²) in [7, 11) is 0. The zero-order valence-corrected chi connectivity index (χ0v) is 13.0. The van der Waals surface area contributed by atoms with E-state index in [1.165, 1.54) is 4.90 Å². The van der Waals surface area contributed by atoms with Gasteiger partial charge in [-0.3, -0.25) is 9.59 Å². The molecule has 1 aliphatic heterocycles. The molecule has 1 heterocycles. The molecule has 7 heteroatoms. The fraction of sp³-hybridized carbons (Fsp3) is 0.438. The molecule has 0 saturated carbocycles. The molecule has 2 atom stereocenters. The number of nitrogens with two attached hydrogens (primary N) is 1. The van der Waals surface area contributed by atoms with E-state index >= 15 is 0 Å². The minimum Gasteiger partial charge on any atom is -0.445 e. The van der Waals surface area contributed by atoms with Crippen molar-refractivity contribution in [1.29, 1.82) is 0 Å². The fourth-order valence-electron chi connectivity index (χ4n) is 2.58. The van der Waals surface area contributed by atoms with Gasteiger partial charge in [0.2, 0.25) is 11.8 Å². The van der Waals surface area contributed by atoms with Gasteiger partial charge in [0.05, 0.1) is 0 Å². The smallest absolute Gasteiger partial charge is 0.408 e.